The van der Waals surface area contributed by atoms with Gasteiger partial charge in [0.15, 0.2) is 9.84 Å². The quantitative estimate of drug-likeness (QED) is 0.400. The second kappa shape index (κ2) is 9.48. The summed E-state index contributed by atoms with van der Waals surface area (Å²) in [6, 6.07) is 11.0. The largest absolute Gasteiger partial charge is 0.324 e. The van der Waals surface area contributed by atoms with E-state index in [1.807, 2.05) is 17.6 Å². The summed E-state index contributed by atoms with van der Waals surface area (Å²) in [7, 11) is -3.16. The Hall–Kier alpha value is -2.98. The van der Waals surface area contributed by atoms with E-state index in [0.29, 0.717) is 5.69 Å². The predicted molar refractivity (Wildman–Crippen MR) is 125 cm³/mol. The molecule has 1 heterocycles. The van der Waals surface area contributed by atoms with Crippen molar-refractivity contribution >= 4 is 27.5 Å². The lowest BCUT2D eigenvalue weighted by molar-refractivity contribution is 0.0953. The molecule has 178 valence electrons. The number of benzene rings is 2. The minimum absolute atomic E-state index is 0.0624. The maximum atomic E-state index is 14.8. The summed E-state index contributed by atoms with van der Waals surface area (Å²) in [5, 5.41) is 0. The smallest absolute Gasteiger partial charge is 0.322 e. The molecule has 8 nitrogen and oxygen atoms in total. The second-order valence-corrected chi connectivity index (χ2v) is 11.4. The number of anilines is 1. The van der Waals surface area contributed by atoms with Crippen molar-refractivity contribution in [3.63, 3.8) is 0 Å². The van der Waals surface area contributed by atoms with Crippen molar-refractivity contribution in [1.82, 2.24) is 10.3 Å². The number of hydrazine groups is 1. The number of carbonyl (C=O) groups excluding carboxylic acids is 2. The number of amides is 3. The zero-order chi connectivity index (χ0) is 24.4. The van der Waals surface area contributed by atoms with Gasteiger partial charge in [-0.2, -0.15) is 0 Å². The normalized spacial score (nSPS) is 15.7. The van der Waals surface area contributed by atoms with Gasteiger partial charge in [0, 0.05) is 29.9 Å². The van der Waals surface area contributed by atoms with Gasteiger partial charge < -0.3 is 4.90 Å². The number of sulfone groups is 1. The van der Waals surface area contributed by atoms with Gasteiger partial charge in [-0.3, -0.25) is 15.1 Å². The maximum Gasteiger partial charge on any atom is 0.324 e. The molecule has 10 heteroatoms. The average Bonchev–Trinajstić information content (AvgIpc) is 2.76. The molecule has 0 bridgehead atoms. The SMILES string of the molecule is CC(C)(C)c1ccc(N(Cc2ccc(C(=O)NN)cc2F)C(=O)N2CCS(=O)(=O)CC2)cc1. The van der Waals surface area contributed by atoms with Crippen LogP contribution in [0.4, 0.5) is 14.9 Å². The van der Waals surface area contributed by atoms with Crippen molar-refractivity contribution in [2.75, 3.05) is 29.5 Å². The molecule has 0 radical (unpaired) electrons. The van der Waals surface area contributed by atoms with Crippen LogP contribution in [-0.4, -0.2) is 49.9 Å². The molecule has 0 spiro atoms. The van der Waals surface area contributed by atoms with Crippen LogP contribution in [0.25, 0.3) is 0 Å². The zero-order valence-corrected chi connectivity index (χ0v) is 19.8. The van der Waals surface area contributed by atoms with E-state index in [1.165, 1.54) is 21.9 Å². The number of nitrogens with two attached hydrogens (primary N) is 1. The number of nitrogens with one attached hydrogen (secondary N) is 1. The molecular formula is C23H29FN4O4S. The molecule has 2 aromatic carbocycles. The number of hydrogen-bond donors (Lipinski definition) is 2. The van der Waals surface area contributed by atoms with Crippen LogP contribution in [0, 0.1) is 5.82 Å². The highest BCUT2D eigenvalue weighted by Crippen LogP contribution is 2.27. The first-order chi connectivity index (χ1) is 15.4. The third-order valence-corrected chi connectivity index (χ3v) is 7.27. The van der Waals surface area contributed by atoms with Gasteiger partial charge in [-0.1, -0.05) is 39.0 Å². The fourth-order valence-corrected chi connectivity index (χ4v) is 4.76. The Labute approximate surface area is 193 Å². The van der Waals surface area contributed by atoms with Crippen LogP contribution < -0.4 is 16.2 Å². The molecular weight excluding hydrogens is 447 g/mol. The zero-order valence-electron chi connectivity index (χ0n) is 19.0. The molecule has 0 atom stereocenters. The standard InChI is InChI=1S/C23H29FN4O4S/c1-23(2,3)18-6-8-19(9-7-18)28(22(30)27-10-12-33(31,32)13-11-27)15-17-5-4-16(14-20(17)24)21(29)26-25/h4-9,14H,10-13,15,25H2,1-3H3,(H,26,29). The highest BCUT2D eigenvalue weighted by molar-refractivity contribution is 7.91. The molecule has 1 aliphatic rings. The number of nitrogens with zero attached hydrogens (tertiary/aromatic N) is 2. The summed E-state index contributed by atoms with van der Waals surface area (Å²) in [5.74, 6) is 3.63. The summed E-state index contributed by atoms with van der Waals surface area (Å²) < 4.78 is 38.4. The number of hydrogen-bond acceptors (Lipinski definition) is 5. The highest BCUT2D eigenvalue weighted by Gasteiger charge is 2.30. The minimum atomic E-state index is -3.16. The summed E-state index contributed by atoms with van der Waals surface area (Å²) >= 11 is 0. The van der Waals surface area contributed by atoms with Crippen molar-refractivity contribution in [1.29, 1.82) is 0 Å². The van der Waals surface area contributed by atoms with Crippen molar-refractivity contribution in [2.45, 2.75) is 32.7 Å². The van der Waals surface area contributed by atoms with Crippen LogP contribution in [0.2, 0.25) is 0 Å². The van der Waals surface area contributed by atoms with E-state index >= 15 is 0 Å². The first-order valence-electron chi connectivity index (χ1n) is 10.6. The topological polar surface area (TPSA) is 113 Å². The van der Waals surface area contributed by atoms with E-state index in [9.17, 15) is 22.4 Å². The molecule has 3 amide bonds. The predicted octanol–water partition coefficient (Wildman–Crippen LogP) is 2.58. The van der Waals surface area contributed by atoms with E-state index in [4.69, 9.17) is 5.84 Å². The molecule has 2 aromatic rings. The molecule has 0 aliphatic carbocycles. The van der Waals surface area contributed by atoms with Crippen LogP contribution >= 0.6 is 0 Å². The Kier molecular flexibility index (Phi) is 7.08. The third kappa shape index (κ3) is 5.88. The molecule has 0 aromatic heterocycles. The molecule has 0 saturated carbocycles. The van der Waals surface area contributed by atoms with Gasteiger partial charge in [0.25, 0.3) is 5.91 Å². The van der Waals surface area contributed by atoms with E-state index in [2.05, 4.69) is 20.8 Å². The maximum absolute atomic E-state index is 14.8. The Balaban J connectivity index is 1.93. The summed E-state index contributed by atoms with van der Waals surface area (Å²) in [6.45, 7) is 6.30. The first kappa shape index (κ1) is 24.7. The minimum Gasteiger partial charge on any atom is -0.322 e. The van der Waals surface area contributed by atoms with Crippen LogP contribution in [0.3, 0.4) is 0 Å². The van der Waals surface area contributed by atoms with E-state index in [0.717, 1.165) is 11.6 Å². The number of nitrogen functional groups attached to an aromatic ring is 1. The summed E-state index contributed by atoms with van der Waals surface area (Å²) in [5.41, 5.74) is 3.78. The van der Waals surface area contributed by atoms with Crippen LogP contribution in [0.5, 0.6) is 0 Å². The summed E-state index contributed by atoms with van der Waals surface area (Å²) in [6.07, 6.45) is 0. The number of halogens is 1. The Morgan fingerprint density at radius 3 is 2.21 bits per heavy atom. The van der Waals surface area contributed by atoms with Crippen molar-refractivity contribution in [3.8, 4) is 0 Å². The number of urea groups is 1. The Morgan fingerprint density at radius 2 is 1.70 bits per heavy atom. The Bertz CT molecular complexity index is 1130. The van der Waals surface area contributed by atoms with Crippen LogP contribution in [0.15, 0.2) is 42.5 Å². The number of rotatable bonds is 4. The van der Waals surface area contributed by atoms with E-state index < -0.39 is 27.6 Å². The molecule has 1 fully saturated rings. The lowest BCUT2D eigenvalue weighted by Crippen LogP contribution is -2.49. The van der Waals surface area contributed by atoms with Gasteiger partial charge >= 0.3 is 6.03 Å². The lowest BCUT2D eigenvalue weighted by atomic mass is 9.87. The van der Waals surface area contributed by atoms with Crippen molar-refractivity contribution < 1.29 is 22.4 Å². The fourth-order valence-electron chi connectivity index (χ4n) is 3.56. The van der Waals surface area contributed by atoms with Gasteiger partial charge in [-0.05, 0) is 35.2 Å². The van der Waals surface area contributed by atoms with Gasteiger partial charge in [-0.25, -0.2) is 23.4 Å². The molecule has 1 aliphatic heterocycles. The van der Waals surface area contributed by atoms with Gasteiger partial charge in [0.05, 0.1) is 18.1 Å². The van der Waals surface area contributed by atoms with Gasteiger partial charge in [0.1, 0.15) is 5.82 Å². The van der Waals surface area contributed by atoms with Crippen molar-refractivity contribution in [3.05, 3.63) is 65.0 Å². The van der Waals surface area contributed by atoms with E-state index in [1.54, 1.807) is 12.1 Å². The highest BCUT2D eigenvalue weighted by atomic mass is 32.2. The monoisotopic (exact) mass is 476 g/mol. The summed E-state index contributed by atoms with van der Waals surface area (Å²) in [4.78, 5) is 27.9. The van der Waals surface area contributed by atoms with E-state index in [-0.39, 0.29) is 47.7 Å². The number of carbonyl (C=O) groups is 2. The second-order valence-electron chi connectivity index (χ2n) is 9.08. The third-order valence-electron chi connectivity index (χ3n) is 5.67. The van der Waals surface area contributed by atoms with Crippen molar-refractivity contribution in [2.24, 2.45) is 5.84 Å². The fraction of sp³-hybridized carbons (Fsp3) is 0.391. The van der Waals surface area contributed by atoms with Crippen LogP contribution in [0.1, 0.15) is 42.3 Å². The average molecular weight is 477 g/mol. The molecule has 33 heavy (non-hydrogen) atoms. The molecule has 3 N–H and O–H groups in total. The first-order valence-corrected chi connectivity index (χ1v) is 12.4. The molecule has 0 unspecified atom stereocenters. The molecule has 3 rings (SSSR count). The Morgan fingerprint density at radius 1 is 1.09 bits per heavy atom. The van der Waals surface area contributed by atoms with Gasteiger partial charge in [0.2, 0.25) is 0 Å². The van der Waals surface area contributed by atoms with Crippen LogP contribution in [-0.2, 0) is 21.8 Å². The molecule has 1 saturated heterocycles. The van der Waals surface area contributed by atoms with Gasteiger partial charge in [-0.15, -0.1) is 0 Å². The lowest BCUT2D eigenvalue weighted by Gasteiger charge is -2.33.